The first-order valence-electron chi connectivity index (χ1n) is 5.26. The number of nitrogens with zero attached hydrogens (tertiary/aromatic N) is 5. The van der Waals surface area contributed by atoms with E-state index in [1.165, 1.54) is 6.33 Å². The maximum Gasteiger partial charge on any atom is 0.185 e. The van der Waals surface area contributed by atoms with Gasteiger partial charge in [0.2, 0.25) is 0 Å². The zero-order valence-corrected chi connectivity index (χ0v) is 9.24. The number of carbonyl (C=O) groups excluding carboxylic acids is 1. The van der Waals surface area contributed by atoms with Gasteiger partial charge in [-0.2, -0.15) is 0 Å². The maximum absolute atomic E-state index is 10.6. The van der Waals surface area contributed by atoms with E-state index < -0.39 is 0 Å². The van der Waals surface area contributed by atoms with Gasteiger partial charge in [0.1, 0.15) is 17.7 Å². The highest BCUT2D eigenvalue weighted by atomic mass is 16.1. The number of aldehydes is 1. The van der Waals surface area contributed by atoms with Crippen LogP contribution in [-0.2, 0) is 6.42 Å². The van der Waals surface area contributed by atoms with E-state index >= 15 is 0 Å². The number of rotatable bonds is 3. The van der Waals surface area contributed by atoms with E-state index in [-0.39, 0.29) is 5.82 Å². The topological polar surface area (TPSA) is 97.3 Å². The Bertz CT molecular complexity index is 693. The van der Waals surface area contributed by atoms with Crippen LogP contribution in [0.25, 0.3) is 11.2 Å². The van der Waals surface area contributed by atoms with Crippen molar-refractivity contribution in [1.29, 1.82) is 0 Å². The number of fused-ring (bicyclic) bond motifs is 1. The van der Waals surface area contributed by atoms with Gasteiger partial charge in [-0.3, -0.25) is 4.79 Å². The fourth-order valence-electron chi connectivity index (χ4n) is 1.61. The zero-order chi connectivity index (χ0) is 12.4. The number of carbonyl (C=O) groups is 1. The summed E-state index contributed by atoms with van der Waals surface area (Å²) in [5.74, 6) is 0.862. The lowest BCUT2D eigenvalue weighted by atomic mass is 10.2. The Kier molecular flexibility index (Phi) is 2.49. The van der Waals surface area contributed by atoms with Crippen molar-refractivity contribution in [2.45, 2.75) is 6.42 Å². The number of H-pyrrole nitrogens is 1. The van der Waals surface area contributed by atoms with Gasteiger partial charge in [-0.25, -0.2) is 24.9 Å². The van der Waals surface area contributed by atoms with Crippen molar-refractivity contribution in [3.8, 4) is 0 Å². The van der Waals surface area contributed by atoms with Crippen molar-refractivity contribution in [3.63, 3.8) is 0 Å². The lowest BCUT2D eigenvalue weighted by molar-refractivity contribution is 0.111. The summed E-state index contributed by atoms with van der Waals surface area (Å²) in [5.41, 5.74) is 2.05. The van der Waals surface area contributed by atoms with E-state index in [1.807, 2.05) is 0 Å². The molecule has 0 bridgehead atoms. The predicted octanol–water partition coefficient (Wildman–Crippen LogP) is 0.546. The molecule has 3 aromatic heterocycles. The molecule has 3 heterocycles. The molecule has 0 radical (unpaired) electrons. The first-order chi connectivity index (χ1) is 8.85. The van der Waals surface area contributed by atoms with Crippen LogP contribution in [0.2, 0.25) is 0 Å². The largest absolute Gasteiger partial charge is 0.333 e. The van der Waals surface area contributed by atoms with Gasteiger partial charge in [0.05, 0.1) is 6.20 Å². The van der Waals surface area contributed by atoms with Crippen LogP contribution in [0.15, 0.2) is 24.9 Å². The van der Waals surface area contributed by atoms with Crippen LogP contribution in [0.1, 0.15) is 22.0 Å². The minimum Gasteiger partial charge on any atom is -0.333 e. The SMILES string of the molecule is O=Cc1nc2nc(Cc3cncnc3)ncc2[nH]1. The van der Waals surface area contributed by atoms with Crippen LogP contribution in [-0.4, -0.2) is 36.2 Å². The normalized spacial score (nSPS) is 10.7. The molecule has 0 aliphatic heterocycles. The van der Waals surface area contributed by atoms with E-state index in [0.717, 1.165) is 5.56 Å². The number of aromatic nitrogens is 6. The molecule has 3 rings (SSSR count). The van der Waals surface area contributed by atoms with Crippen LogP contribution < -0.4 is 0 Å². The smallest absolute Gasteiger partial charge is 0.185 e. The summed E-state index contributed by atoms with van der Waals surface area (Å²) in [6, 6.07) is 0. The van der Waals surface area contributed by atoms with Gasteiger partial charge in [-0.05, 0) is 5.56 Å². The lowest BCUT2D eigenvalue weighted by Crippen LogP contribution is -1.97. The maximum atomic E-state index is 10.6. The molecular weight excluding hydrogens is 232 g/mol. The number of aromatic amines is 1. The van der Waals surface area contributed by atoms with Crippen LogP contribution in [0.5, 0.6) is 0 Å². The van der Waals surface area contributed by atoms with E-state index in [9.17, 15) is 4.79 Å². The molecule has 0 aliphatic carbocycles. The van der Waals surface area contributed by atoms with Gasteiger partial charge in [-0.1, -0.05) is 0 Å². The second kappa shape index (κ2) is 4.28. The predicted molar refractivity (Wildman–Crippen MR) is 61.9 cm³/mol. The van der Waals surface area contributed by atoms with Gasteiger partial charge < -0.3 is 4.98 Å². The molecule has 0 fully saturated rings. The average Bonchev–Trinajstić information content (AvgIpc) is 2.82. The Balaban J connectivity index is 1.95. The third-order valence-electron chi connectivity index (χ3n) is 2.40. The van der Waals surface area contributed by atoms with Crippen LogP contribution in [0, 0.1) is 0 Å². The molecule has 0 saturated heterocycles. The molecule has 0 aliphatic rings. The van der Waals surface area contributed by atoms with Gasteiger partial charge in [0.25, 0.3) is 0 Å². The third kappa shape index (κ3) is 1.93. The van der Waals surface area contributed by atoms with Crippen LogP contribution in [0.4, 0.5) is 0 Å². The summed E-state index contributed by atoms with van der Waals surface area (Å²) in [4.78, 5) is 33.7. The van der Waals surface area contributed by atoms with E-state index in [4.69, 9.17) is 0 Å². The van der Waals surface area contributed by atoms with E-state index in [0.29, 0.717) is 29.7 Å². The van der Waals surface area contributed by atoms with Crippen LogP contribution >= 0.6 is 0 Å². The lowest BCUT2D eigenvalue weighted by Gasteiger charge is -1.98. The summed E-state index contributed by atoms with van der Waals surface area (Å²) in [7, 11) is 0. The molecule has 3 aromatic rings. The minimum absolute atomic E-state index is 0.250. The second-order valence-corrected chi connectivity index (χ2v) is 3.69. The summed E-state index contributed by atoms with van der Waals surface area (Å²) in [5, 5.41) is 0. The average molecular weight is 240 g/mol. The number of nitrogens with one attached hydrogen (secondary N) is 1. The van der Waals surface area contributed by atoms with Gasteiger partial charge in [0.15, 0.2) is 17.8 Å². The quantitative estimate of drug-likeness (QED) is 0.671. The molecule has 88 valence electrons. The Morgan fingerprint density at radius 1 is 1.17 bits per heavy atom. The molecule has 0 saturated carbocycles. The van der Waals surface area contributed by atoms with Gasteiger partial charge in [-0.15, -0.1) is 0 Å². The van der Waals surface area contributed by atoms with Crippen molar-refractivity contribution in [1.82, 2.24) is 29.9 Å². The molecule has 1 N–H and O–H groups in total. The Hall–Kier alpha value is -2.70. The van der Waals surface area contributed by atoms with Crippen molar-refractivity contribution in [2.24, 2.45) is 0 Å². The van der Waals surface area contributed by atoms with E-state index in [1.54, 1.807) is 18.6 Å². The first-order valence-corrected chi connectivity index (χ1v) is 5.26. The highest BCUT2D eigenvalue weighted by Gasteiger charge is 2.06. The highest BCUT2D eigenvalue weighted by molar-refractivity contribution is 5.78. The molecule has 0 unspecified atom stereocenters. The fraction of sp³-hybridized carbons (Fsp3) is 0.0909. The first kappa shape index (κ1) is 10.5. The summed E-state index contributed by atoms with van der Waals surface area (Å²) in [6.45, 7) is 0. The van der Waals surface area contributed by atoms with Crippen molar-refractivity contribution < 1.29 is 4.79 Å². The number of imidazole rings is 1. The van der Waals surface area contributed by atoms with Crippen molar-refractivity contribution >= 4 is 17.5 Å². The summed E-state index contributed by atoms with van der Waals surface area (Å²) >= 11 is 0. The number of hydrogen-bond donors (Lipinski definition) is 1. The highest BCUT2D eigenvalue weighted by Crippen LogP contribution is 2.09. The molecule has 7 heteroatoms. The van der Waals surface area contributed by atoms with Gasteiger partial charge >= 0.3 is 0 Å². The molecule has 7 nitrogen and oxygen atoms in total. The molecule has 0 amide bonds. The minimum atomic E-state index is 0.250. The van der Waals surface area contributed by atoms with E-state index in [2.05, 4.69) is 29.9 Å². The van der Waals surface area contributed by atoms with Gasteiger partial charge in [0, 0.05) is 18.8 Å². The fourth-order valence-corrected chi connectivity index (χ4v) is 1.61. The van der Waals surface area contributed by atoms with Crippen molar-refractivity contribution in [2.75, 3.05) is 0 Å². The molecule has 18 heavy (non-hydrogen) atoms. The molecule has 0 aromatic carbocycles. The number of hydrogen-bond acceptors (Lipinski definition) is 6. The molecule has 0 atom stereocenters. The summed E-state index contributed by atoms with van der Waals surface area (Å²) < 4.78 is 0. The third-order valence-corrected chi connectivity index (χ3v) is 2.40. The van der Waals surface area contributed by atoms with Crippen molar-refractivity contribution in [3.05, 3.63) is 42.1 Å². The molecule has 0 spiro atoms. The van der Waals surface area contributed by atoms with Crippen LogP contribution in [0.3, 0.4) is 0 Å². The Morgan fingerprint density at radius 2 is 2.00 bits per heavy atom. The Labute approximate surface area is 101 Å². The Morgan fingerprint density at radius 3 is 2.78 bits per heavy atom. The standard InChI is InChI=1S/C11H8N6O/c18-5-10-15-8-4-14-9(16-11(8)17-10)1-7-2-12-6-13-3-7/h2-6H,1H2,(H,14,15,16,17). The monoisotopic (exact) mass is 240 g/mol. The zero-order valence-electron chi connectivity index (χ0n) is 9.24. The molecular formula is C11H8N6O. The second-order valence-electron chi connectivity index (χ2n) is 3.69. The summed E-state index contributed by atoms with van der Waals surface area (Å²) in [6.07, 6.45) is 7.68.